The minimum absolute atomic E-state index is 0. The zero-order valence-corrected chi connectivity index (χ0v) is 73.3. The number of aromatic hydroxyl groups is 1. The zero-order valence-electron chi connectivity index (χ0n) is 66.9. The predicted molar refractivity (Wildman–Crippen MR) is 446 cm³/mol. The van der Waals surface area contributed by atoms with E-state index in [9.17, 15) is 53.1 Å². The lowest BCUT2D eigenvalue weighted by molar-refractivity contribution is 0.0406. The Bertz CT molecular complexity index is 4770. The molecule has 3 aliphatic carbocycles. The number of imide groups is 2. The fourth-order valence-electron chi connectivity index (χ4n) is 14.1. The molecule has 0 unspecified atom stereocenters. The average Bonchev–Trinajstić information content (AvgIpc) is 1.58. The molecule has 10 N–H and O–H groups in total. The second-order valence-electron chi connectivity index (χ2n) is 31.8. The molecule has 0 radical (unpaired) electrons. The van der Waals surface area contributed by atoms with Crippen LogP contribution in [0.3, 0.4) is 0 Å². The van der Waals surface area contributed by atoms with E-state index in [1.54, 1.807) is 129 Å². The first kappa shape index (κ1) is 92.0. The Hall–Kier alpha value is -9.14. The molecule has 0 saturated heterocycles. The van der Waals surface area contributed by atoms with Crippen molar-refractivity contribution in [3.05, 3.63) is 113 Å². The van der Waals surface area contributed by atoms with Crippen LogP contribution >= 0.6 is 71.3 Å². The number of aryl methyl sites for hydroxylation is 3. The summed E-state index contributed by atoms with van der Waals surface area (Å²) in [5.41, 5.74) is 9.22. The molecule has 3 aliphatic heterocycles. The van der Waals surface area contributed by atoms with Gasteiger partial charge >= 0.3 is 27.6 Å². The number of rotatable bonds is 8. The third-order valence-electron chi connectivity index (χ3n) is 18.5. The van der Waals surface area contributed by atoms with E-state index in [-0.39, 0.29) is 107 Å². The van der Waals surface area contributed by atoms with E-state index in [0.717, 1.165) is 100 Å². The van der Waals surface area contributed by atoms with E-state index in [1.807, 2.05) is 13.8 Å². The van der Waals surface area contributed by atoms with Gasteiger partial charge in [0.1, 0.15) is 92.0 Å². The number of carbonyl (C=O) groups excluding carboxylic acids is 7. The Morgan fingerprint density at radius 3 is 1.20 bits per heavy atom. The molecule has 3 saturated carbocycles. The van der Waals surface area contributed by atoms with Crippen LogP contribution < -0.4 is 69.3 Å². The normalized spacial score (nSPS) is 15.9. The first-order valence-corrected chi connectivity index (χ1v) is 40.0. The van der Waals surface area contributed by atoms with Gasteiger partial charge in [0, 0.05) is 5.56 Å². The quantitative estimate of drug-likeness (QED) is 0.0398. The molecule has 9 heterocycles. The van der Waals surface area contributed by atoms with Gasteiger partial charge < -0.3 is 66.8 Å². The smallest absolute Gasteiger partial charge is 0.425 e. The standard InChI is InChI=1S/C28H38N6O7.C17H20N6O3.C16H24ClN3O4.C13H17N3O2.BBr3.ClH/c1-16-14-17(23(36)34-18(16)22(35)32-28(34)12-10-9-11-13-28)31-20-19(39-8)21(30-15-29-20)33(24(37)40-26(2,3)4)25(38)41-27(5,6)7;1-9-7-10(21-14-12(24)13(18)19-8-20-14)16(26)23-11(9)15(25)22-17(23)5-3-2-4-6-17;1-8-10-11(17)18-9-19-12(10)20(13(21)23-15(2,3)4)14(22)24-16(5,6)7;1-8-7-9(14)12(18)16-10(8)11(17)15-13(16)5-3-2-4-6-13;2-1(3)4;/h14-15H,9-13H2,1-8H3,(H,32,35)(H,29,30,31);7-8,24H,2-6H2,1H3,(H,22,25)(H3,18,19,20,21);9H,8H2,1-7H3;7H,2-6,14H2,1H3,(H,15,17);;1H. The predicted octanol–water partition coefficient (Wildman–Crippen LogP) is 14.1. The lowest BCUT2D eigenvalue weighted by Crippen LogP contribution is -2.48. The van der Waals surface area contributed by atoms with Crippen molar-refractivity contribution in [3.63, 3.8) is 0 Å². The van der Waals surface area contributed by atoms with Crippen molar-refractivity contribution in [1.29, 1.82) is 0 Å². The van der Waals surface area contributed by atoms with Gasteiger partial charge in [-0.05, 0) is 222 Å². The van der Waals surface area contributed by atoms with Gasteiger partial charge in [0.15, 0.2) is 29.1 Å². The van der Waals surface area contributed by atoms with Gasteiger partial charge in [-0.1, -0.05) is 37.8 Å². The van der Waals surface area contributed by atoms with Crippen LogP contribution in [0.25, 0.3) is 0 Å². The number of anilines is 8. The fourth-order valence-corrected chi connectivity index (χ4v) is 14.3. The third-order valence-corrected chi connectivity index (χ3v) is 18.8. The molecule has 0 bridgehead atoms. The molecule has 34 nitrogen and oxygen atoms in total. The highest BCUT2D eigenvalue weighted by molar-refractivity contribution is 9.69. The van der Waals surface area contributed by atoms with Gasteiger partial charge in [0.05, 0.1) is 12.8 Å². The van der Waals surface area contributed by atoms with Crippen LogP contribution in [0.2, 0.25) is 5.15 Å². The first-order chi connectivity index (χ1) is 52.6. The molecule has 7 amide bonds. The molecule has 0 atom stereocenters. The van der Waals surface area contributed by atoms with Crippen molar-refractivity contribution >= 4 is 163 Å². The number of fused-ring (bicyclic) bond motifs is 6. The van der Waals surface area contributed by atoms with Gasteiger partial charge in [-0.3, -0.25) is 42.5 Å². The van der Waals surface area contributed by atoms with Gasteiger partial charge in [-0.2, -0.15) is 9.80 Å². The number of nitrogens with zero attached hydrogens (tertiary/aromatic N) is 11. The Labute approximate surface area is 696 Å². The van der Waals surface area contributed by atoms with Crippen molar-refractivity contribution < 1.29 is 62.4 Å². The van der Waals surface area contributed by atoms with Crippen LogP contribution in [0.15, 0.2) is 51.6 Å². The average molecular weight is 1820 g/mol. The summed E-state index contributed by atoms with van der Waals surface area (Å²) < 4.78 is 32.1. The number of halogens is 5. The third kappa shape index (κ3) is 21.3. The summed E-state index contributed by atoms with van der Waals surface area (Å²) in [5, 5.41) is 25.1. The van der Waals surface area contributed by atoms with Crippen LogP contribution in [-0.2, 0) is 42.4 Å². The molecule has 114 heavy (non-hydrogen) atoms. The summed E-state index contributed by atoms with van der Waals surface area (Å²) in [4.78, 5) is 154. The van der Waals surface area contributed by atoms with Gasteiger partial charge in [0.2, 0.25) is 11.5 Å². The second-order valence-corrected chi connectivity index (χ2v) is 38.6. The number of nitrogens with one attached hydrogen (secondary N) is 5. The first-order valence-electron chi connectivity index (χ1n) is 36.8. The summed E-state index contributed by atoms with van der Waals surface area (Å²) in [6.07, 6.45) is 13.5. The fraction of sp³-hybridized carbons (Fsp3) is 0.541. The Balaban J connectivity index is 0.000000215. The summed E-state index contributed by atoms with van der Waals surface area (Å²) in [6.45, 7) is 27.3. The van der Waals surface area contributed by atoms with E-state index >= 15 is 0 Å². The molecule has 620 valence electrons. The number of carbonyl (C=O) groups is 7. The molecular formula is C74H100BBr3Cl2N18O16. The van der Waals surface area contributed by atoms with E-state index in [4.69, 9.17) is 46.8 Å². The number of amides is 7. The maximum atomic E-state index is 13.9. The highest BCUT2D eigenvalue weighted by Crippen LogP contribution is 2.43. The van der Waals surface area contributed by atoms with E-state index in [2.05, 4.69) is 104 Å². The minimum atomic E-state index is -1.04. The number of nitrogens with two attached hydrogens (primary N) is 2. The summed E-state index contributed by atoms with van der Waals surface area (Å²) >= 11 is 15.4. The highest BCUT2D eigenvalue weighted by Gasteiger charge is 2.49. The van der Waals surface area contributed by atoms with Crippen LogP contribution in [0, 0.1) is 20.8 Å². The van der Waals surface area contributed by atoms with Crippen molar-refractivity contribution in [2.45, 2.75) is 253 Å². The topological polar surface area (TPSA) is 448 Å². The number of nitrogen functional groups attached to an aromatic ring is 2. The van der Waals surface area contributed by atoms with E-state index in [0.29, 0.717) is 57.9 Å². The number of ether oxygens (including phenoxy) is 5. The lowest BCUT2D eigenvalue weighted by atomic mass is 9.89. The van der Waals surface area contributed by atoms with Crippen molar-refractivity contribution in [2.75, 3.05) is 39.0 Å². The monoisotopic (exact) mass is 1810 g/mol. The van der Waals surface area contributed by atoms with Crippen molar-refractivity contribution in [1.82, 2.24) is 59.6 Å². The lowest BCUT2D eigenvalue weighted by Gasteiger charge is -2.35. The van der Waals surface area contributed by atoms with Gasteiger partial charge in [0.25, 0.3) is 34.4 Å². The molecule has 6 aromatic rings. The number of methoxy groups -OCH3 is 1. The molecular weight excluding hydrogens is 1720 g/mol. The van der Waals surface area contributed by atoms with E-state index in [1.165, 1.54) is 19.8 Å². The molecule has 3 fully saturated rings. The number of pyridine rings is 3. The largest absolute Gasteiger partial charge is 0.502 e. The Kier molecular flexibility index (Phi) is 29.7. The molecule has 40 heteroatoms. The van der Waals surface area contributed by atoms with Crippen molar-refractivity contribution in [3.8, 4) is 11.5 Å². The summed E-state index contributed by atoms with van der Waals surface area (Å²) in [5.74, 6) is -1.28. The van der Waals surface area contributed by atoms with Crippen molar-refractivity contribution in [2.24, 2.45) is 0 Å². The number of aromatic nitrogens is 9. The summed E-state index contributed by atoms with van der Waals surface area (Å²) in [6, 6.07) is 4.75. The van der Waals surface area contributed by atoms with Crippen LogP contribution in [0.4, 0.5) is 65.3 Å². The highest BCUT2D eigenvalue weighted by atomic mass is 79.9. The Morgan fingerprint density at radius 2 is 0.842 bits per heavy atom. The van der Waals surface area contributed by atoms with Crippen LogP contribution in [-0.4, -0.2) is 124 Å². The zero-order chi connectivity index (χ0) is 84.0. The van der Waals surface area contributed by atoms with Crippen LogP contribution in [0.1, 0.15) is 240 Å². The SMILES string of the molecule is BrB(Br)Br.CCc1c(Cl)ncnc1N(C(=O)OC(C)(C)C)C(=O)OC(C)(C)C.COc1c(Nc2cc(C)c3n(c2=O)C2(CCCCC2)NC3=O)ncnc1N(C(=O)OC(C)(C)C)C(=O)OC(C)(C)C.Cc1cc(N)c(=O)n2c1C(=O)NC21CCCCC1.Cc1cc(Nc2ncnc(N)c2O)c(=O)n2c1C(=O)NC21CCCCC1.Cl. The summed E-state index contributed by atoms with van der Waals surface area (Å²) in [7, 11) is 1.32. The maximum Gasteiger partial charge on any atom is 0.425 e. The molecule has 0 aromatic carbocycles. The van der Waals surface area contributed by atoms with Gasteiger partial charge in [-0.15, -0.1) is 59.7 Å². The van der Waals surface area contributed by atoms with Gasteiger partial charge in [-0.25, -0.2) is 49.1 Å². The second kappa shape index (κ2) is 36.8. The van der Waals surface area contributed by atoms with E-state index < -0.39 is 69.3 Å². The molecule has 12 rings (SSSR count). The number of hydrogen-bond donors (Lipinski definition) is 8. The minimum Gasteiger partial charge on any atom is -0.502 e. The molecule has 3 spiro atoms. The molecule has 6 aromatic heterocycles. The van der Waals surface area contributed by atoms with Crippen LogP contribution in [0.5, 0.6) is 11.5 Å². The maximum absolute atomic E-state index is 13.9. The number of hydrogen-bond acceptors (Lipinski definition) is 26. The molecule has 6 aliphatic rings. The Morgan fingerprint density at radius 1 is 0.526 bits per heavy atom.